The molecule has 162 valence electrons. The zero-order valence-corrected chi connectivity index (χ0v) is 18.2. The van der Waals surface area contributed by atoms with Crippen molar-refractivity contribution >= 4 is 22.5 Å². The number of fused-ring (bicyclic) bond motifs is 1. The number of hydrogen-bond donors (Lipinski definition) is 1. The second-order valence-electron chi connectivity index (χ2n) is 9.20. The molecule has 1 aliphatic heterocycles. The van der Waals surface area contributed by atoms with Crippen molar-refractivity contribution in [1.82, 2.24) is 14.5 Å². The SMILES string of the molecule is CC1(C)CN(Cc2ccc(Nc3nc4ccc(F)cc4c(=O)n3-c3ccccc3)cc2)C1. The summed E-state index contributed by atoms with van der Waals surface area (Å²) in [6.45, 7) is 7.72. The van der Waals surface area contributed by atoms with E-state index in [1.165, 1.54) is 28.3 Å². The fourth-order valence-electron chi connectivity index (χ4n) is 4.42. The first-order valence-electron chi connectivity index (χ1n) is 10.7. The summed E-state index contributed by atoms with van der Waals surface area (Å²) in [5, 5.41) is 3.53. The number of nitrogens with one attached hydrogen (secondary N) is 1. The maximum atomic E-state index is 13.8. The van der Waals surface area contributed by atoms with Crippen LogP contribution in [-0.2, 0) is 6.54 Å². The standard InChI is InChI=1S/C26H25FN4O/c1-26(2)16-30(17-26)15-18-8-11-20(12-9-18)28-25-29-23-13-10-19(27)14-22(23)24(32)31(25)21-6-4-3-5-7-21/h3-14H,15-17H2,1-2H3,(H,28,29). The predicted octanol–water partition coefficient (Wildman–Crippen LogP) is 5.11. The number of halogens is 1. The van der Waals surface area contributed by atoms with Gasteiger partial charge in [0.1, 0.15) is 5.82 Å². The lowest BCUT2D eigenvalue weighted by atomic mass is 9.84. The second kappa shape index (κ2) is 7.88. The molecule has 4 aromatic rings. The summed E-state index contributed by atoms with van der Waals surface area (Å²) in [4.78, 5) is 20.3. The van der Waals surface area contributed by atoms with Crippen LogP contribution in [0.25, 0.3) is 16.6 Å². The molecule has 0 spiro atoms. The highest BCUT2D eigenvalue weighted by Crippen LogP contribution is 2.30. The van der Waals surface area contributed by atoms with Gasteiger partial charge in [0, 0.05) is 25.3 Å². The third-order valence-corrected chi connectivity index (χ3v) is 5.76. The Morgan fingerprint density at radius 3 is 2.41 bits per heavy atom. The number of rotatable bonds is 5. The molecule has 0 bridgehead atoms. The first-order chi connectivity index (χ1) is 15.4. The van der Waals surface area contributed by atoms with Crippen molar-refractivity contribution in [3.05, 3.63) is 94.5 Å². The van der Waals surface area contributed by atoms with Crippen molar-refractivity contribution in [2.75, 3.05) is 18.4 Å². The van der Waals surface area contributed by atoms with Crippen molar-refractivity contribution in [3.63, 3.8) is 0 Å². The Balaban J connectivity index is 1.48. The molecule has 0 unspecified atom stereocenters. The number of hydrogen-bond acceptors (Lipinski definition) is 4. The van der Waals surface area contributed by atoms with E-state index in [-0.39, 0.29) is 10.9 Å². The molecule has 1 aromatic heterocycles. The van der Waals surface area contributed by atoms with Crippen LogP contribution < -0.4 is 10.9 Å². The topological polar surface area (TPSA) is 50.2 Å². The van der Waals surface area contributed by atoms with Gasteiger partial charge in [0.05, 0.1) is 16.6 Å². The van der Waals surface area contributed by atoms with Crippen molar-refractivity contribution < 1.29 is 4.39 Å². The van der Waals surface area contributed by atoms with Gasteiger partial charge in [0.25, 0.3) is 5.56 Å². The lowest BCUT2D eigenvalue weighted by Gasteiger charge is -2.46. The Bertz CT molecular complexity index is 1320. The Morgan fingerprint density at radius 2 is 1.72 bits per heavy atom. The van der Waals surface area contributed by atoms with Gasteiger partial charge in [-0.3, -0.25) is 9.69 Å². The largest absolute Gasteiger partial charge is 0.325 e. The summed E-state index contributed by atoms with van der Waals surface area (Å²) in [7, 11) is 0. The number of likely N-dealkylation sites (tertiary alicyclic amines) is 1. The van der Waals surface area contributed by atoms with Gasteiger partial charge in [-0.15, -0.1) is 0 Å². The highest BCUT2D eigenvalue weighted by molar-refractivity contribution is 5.80. The minimum absolute atomic E-state index is 0.243. The fourth-order valence-corrected chi connectivity index (χ4v) is 4.42. The highest BCUT2D eigenvalue weighted by Gasteiger charge is 2.33. The van der Waals surface area contributed by atoms with Gasteiger partial charge in [-0.1, -0.05) is 44.2 Å². The van der Waals surface area contributed by atoms with Gasteiger partial charge in [0.2, 0.25) is 5.95 Å². The van der Waals surface area contributed by atoms with Gasteiger partial charge in [-0.05, 0) is 53.4 Å². The van der Waals surface area contributed by atoms with E-state index in [1.807, 2.05) is 42.5 Å². The van der Waals surface area contributed by atoms with E-state index in [1.54, 1.807) is 0 Å². The van der Waals surface area contributed by atoms with Gasteiger partial charge in [-0.2, -0.15) is 0 Å². The van der Waals surface area contributed by atoms with Crippen LogP contribution in [0.15, 0.2) is 77.6 Å². The van der Waals surface area contributed by atoms with E-state index < -0.39 is 5.82 Å². The molecule has 1 aliphatic rings. The molecule has 0 saturated carbocycles. The van der Waals surface area contributed by atoms with Crippen LogP contribution in [0.5, 0.6) is 0 Å². The molecule has 1 N–H and O–H groups in total. The monoisotopic (exact) mass is 428 g/mol. The average Bonchev–Trinajstić information content (AvgIpc) is 2.75. The molecule has 5 nitrogen and oxygen atoms in total. The molecule has 5 rings (SSSR count). The summed E-state index contributed by atoms with van der Waals surface area (Å²) >= 11 is 0. The molecule has 0 radical (unpaired) electrons. The average molecular weight is 429 g/mol. The molecular weight excluding hydrogens is 403 g/mol. The molecule has 2 heterocycles. The Hall–Kier alpha value is -3.51. The highest BCUT2D eigenvalue weighted by atomic mass is 19.1. The second-order valence-corrected chi connectivity index (χ2v) is 9.20. The van der Waals surface area contributed by atoms with Gasteiger partial charge < -0.3 is 5.32 Å². The van der Waals surface area contributed by atoms with Crippen LogP contribution in [0.1, 0.15) is 19.4 Å². The number of benzene rings is 3. The Morgan fingerprint density at radius 1 is 1.00 bits per heavy atom. The lowest BCUT2D eigenvalue weighted by molar-refractivity contribution is 0.0242. The van der Waals surface area contributed by atoms with Gasteiger partial charge >= 0.3 is 0 Å². The third-order valence-electron chi connectivity index (χ3n) is 5.76. The van der Waals surface area contributed by atoms with Gasteiger partial charge in [-0.25, -0.2) is 13.9 Å². The van der Waals surface area contributed by atoms with Crippen LogP contribution in [0.3, 0.4) is 0 Å². The lowest BCUT2D eigenvalue weighted by Crippen LogP contribution is -2.52. The third kappa shape index (κ3) is 4.01. The smallest absolute Gasteiger partial charge is 0.267 e. The number of anilines is 2. The minimum Gasteiger partial charge on any atom is -0.325 e. The maximum absolute atomic E-state index is 13.8. The normalized spacial score (nSPS) is 15.5. The van der Waals surface area contributed by atoms with E-state index in [0.29, 0.717) is 22.6 Å². The Labute approximate surface area is 186 Å². The van der Waals surface area contributed by atoms with E-state index >= 15 is 0 Å². The van der Waals surface area contributed by atoms with Crippen molar-refractivity contribution in [1.29, 1.82) is 0 Å². The molecule has 1 fully saturated rings. The molecule has 3 aromatic carbocycles. The molecule has 0 aliphatic carbocycles. The van der Waals surface area contributed by atoms with Crippen molar-refractivity contribution in [3.8, 4) is 5.69 Å². The summed E-state index contributed by atoms with van der Waals surface area (Å²) in [6, 6.07) is 21.5. The molecular formula is C26H25FN4O. The molecule has 6 heteroatoms. The summed E-state index contributed by atoms with van der Waals surface area (Å²) < 4.78 is 15.3. The van der Waals surface area contributed by atoms with Crippen LogP contribution in [-0.4, -0.2) is 27.5 Å². The van der Waals surface area contributed by atoms with E-state index in [4.69, 9.17) is 0 Å². The quantitative estimate of drug-likeness (QED) is 0.480. The Kier molecular flexibility index (Phi) is 5.02. The number of nitrogens with zero attached hydrogens (tertiary/aromatic N) is 3. The van der Waals surface area contributed by atoms with Gasteiger partial charge in [0.15, 0.2) is 0 Å². The van der Waals surface area contributed by atoms with Crippen LogP contribution in [0.4, 0.5) is 16.0 Å². The van der Waals surface area contributed by atoms with E-state index in [2.05, 4.69) is 41.2 Å². The zero-order valence-electron chi connectivity index (χ0n) is 18.2. The molecule has 32 heavy (non-hydrogen) atoms. The first kappa shape index (κ1) is 20.4. The van der Waals surface area contributed by atoms with Crippen molar-refractivity contribution in [2.24, 2.45) is 5.41 Å². The first-order valence-corrected chi connectivity index (χ1v) is 10.7. The fraction of sp³-hybridized carbons (Fsp3) is 0.231. The molecule has 0 amide bonds. The summed E-state index contributed by atoms with van der Waals surface area (Å²) in [5.74, 6) is -0.0737. The minimum atomic E-state index is -0.460. The summed E-state index contributed by atoms with van der Waals surface area (Å²) in [5.41, 5.74) is 3.27. The van der Waals surface area contributed by atoms with Crippen molar-refractivity contribution in [2.45, 2.75) is 20.4 Å². The van der Waals surface area contributed by atoms with E-state index in [0.717, 1.165) is 25.3 Å². The molecule has 0 atom stereocenters. The maximum Gasteiger partial charge on any atom is 0.267 e. The predicted molar refractivity (Wildman–Crippen MR) is 126 cm³/mol. The molecule has 1 saturated heterocycles. The number of para-hydroxylation sites is 1. The van der Waals surface area contributed by atoms with Crippen LogP contribution in [0, 0.1) is 11.2 Å². The summed E-state index contributed by atoms with van der Waals surface area (Å²) in [6.07, 6.45) is 0. The van der Waals surface area contributed by atoms with Crippen LogP contribution >= 0.6 is 0 Å². The number of aromatic nitrogens is 2. The zero-order chi connectivity index (χ0) is 22.3. The van der Waals surface area contributed by atoms with E-state index in [9.17, 15) is 9.18 Å². The van der Waals surface area contributed by atoms with Crippen LogP contribution in [0.2, 0.25) is 0 Å².